The van der Waals surface area contributed by atoms with Crippen LogP contribution in [0.4, 0.5) is 0 Å². The van der Waals surface area contributed by atoms with E-state index in [9.17, 15) is 0 Å². The lowest BCUT2D eigenvalue weighted by molar-refractivity contribution is 0.386. The fraction of sp³-hybridized carbons (Fsp3) is 0.400. The van der Waals surface area contributed by atoms with Crippen LogP contribution in [0.5, 0.6) is 0 Å². The third kappa shape index (κ3) is 2.04. The summed E-state index contributed by atoms with van der Waals surface area (Å²) in [6.07, 6.45) is 1.68. The summed E-state index contributed by atoms with van der Waals surface area (Å²) >= 11 is 0. The molecule has 0 saturated heterocycles. The molecule has 0 aliphatic rings. The van der Waals surface area contributed by atoms with Crippen LogP contribution < -0.4 is 5.73 Å². The van der Waals surface area contributed by atoms with Gasteiger partial charge in [0, 0.05) is 6.20 Å². The van der Waals surface area contributed by atoms with Gasteiger partial charge in [-0.15, -0.1) is 0 Å². The van der Waals surface area contributed by atoms with Crippen LogP contribution in [0.3, 0.4) is 0 Å². The molecule has 0 saturated carbocycles. The predicted molar refractivity (Wildman–Crippen MR) is 50.6 cm³/mol. The molecular weight excluding hydrogens is 162 g/mol. The van der Waals surface area contributed by atoms with Crippen LogP contribution in [0.25, 0.3) is 0 Å². The van der Waals surface area contributed by atoms with Gasteiger partial charge in [0.25, 0.3) is 0 Å². The van der Waals surface area contributed by atoms with E-state index in [-0.39, 0.29) is 6.04 Å². The standard InChI is InChI=1S/C10H13N3/c1-10(2,7-11)9(12)8-5-3-4-6-13-8/h3-6,9H,12H2,1-2H3. The maximum atomic E-state index is 8.87. The Hall–Kier alpha value is -1.40. The number of aromatic nitrogens is 1. The number of hydrogen-bond acceptors (Lipinski definition) is 3. The second-order valence-corrected chi connectivity index (χ2v) is 3.57. The molecule has 3 heteroatoms. The van der Waals surface area contributed by atoms with Crippen LogP contribution in [0.1, 0.15) is 25.6 Å². The Morgan fingerprint density at radius 1 is 1.54 bits per heavy atom. The van der Waals surface area contributed by atoms with Gasteiger partial charge < -0.3 is 5.73 Å². The Kier molecular flexibility index (Phi) is 2.64. The van der Waals surface area contributed by atoms with E-state index in [0.29, 0.717) is 0 Å². The van der Waals surface area contributed by atoms with Gasteiger partial charge in [0.1, 0.15) is 0 Å². The van der Waals surface area contributed by atoms with Gasteiger partial charge in [-0.25, -0.2) is 0 Å². The van der Waals surface area contributed by atoms with Crippen molar-refractivity contribution in [2.45, 2.75) is 19.9 Å². The van der Waals surface area contributed by atoms with E-state index in [1.165, 1.54) is 0 Å². The van der Waals surface area contributed by atoms with Gasteiger partial charge >= 0.3 is 0 Å². The summed E-state index contributed by atoms with van der Waals surface area (Å²) in [6.45, 7) is 3.62. The van der Waals surface area contributed by atoms with Crippen molar-refractivity contribution in [2.75, 3.05) is 0 Å². The van der Waals surface area contributed by atoms with Crippen molar-refractivity contribution in [3.63, 3.8) is 0 Å². The highest BCUT2D eigenvalue weighted by Gasteiger charge is 2.28. The van der Waals surface area contributed by atoms with E-state index in [4.69, 9.17) is 11.0 Å². The third-order valence-electron chi connectivity index (χ3n) is 2.07. The summed E-state index contributed by atoms with van der Waals surface area (Å²) in [5, 5.41) is 8.87. The lowest BCUT2D eigenvalue weighted by Crippen LogP contribution is -2.28. The van der Waals surface area contributed by atoms with Gasteiger partial charge in [0.15, 0.2) is 0 Å². The van der Waals surface area contributed by atoms with E-state index in [2.05, 4.69) is 11.1 Å². The molecule has 0 amide bonds. The van der Waals surface area contributed by atoms with Crippen molar-refractivity contribution in [3.8, 4) is 6.07 Å². The smallest absolute Gasteiger partial charge is 0.0725 e. The molecule has 3 nitrogen and oxygen atoms in total. The maximum Gasteiger partial charge on any atom is 0.0725 e. The number of nitrogens with two attached hydrogens (primary N) is 1. The molecule has 0 aliphatic carbocycles. The molecule has 2 N–H and O–H groups in total. The average molecular weight is 175 g/mol. The lowest BCUT2D eigenvalue weighted by atomic mass is 9.84. The normalized spacial score (nSPS) is 13.4. The third-order valence-corrected chi connectivity index (χ3v) is 2.07. The van der Waals surface area contributed by atoms with Crippen molar-refractivity contribution in [1.82, 2.24) is 4.98 Å². The molecular formula is C10H13N3. The van der Waals surface area contributed by atoms with Crippen molar-refractivity contribution < 1.29 is 0 Å². The minimum Gasteiger partial charge on any atom is -0.321 e. The van der Waals surface area contributed by atoms with Crippen molar-refractivity contribution in [1.29, 1.82) is 5.26 Å². The first-order valence-corrected chi connectivity index (χ1v) is 4.15. The number of pyridine rings is 1. The zero-order valence-electron chi connectivity index (χ0n) is 7.86. The molecule has 1 atom stereocenters. The van der Waals surface area contributed by atoms with Crippen LogP contribution in [0.15, 0.2) is 24.4 Å². The first-order chi connectivity index (χ1) is 6.08. The summed E-state index contributed by atoms with van der Waals surface area (Å²) in [5.74, 6) is 0. The predicted octanol–water partition coefficient (Wildman–Crippen LogP) is 1.63. The van der Waals surface area contributed by atoms with Crippen LogP contribution in [0, 0.1) is 16.7 Å². The van der Waals surface area contributed by atoms with Crippen molar-refractivity contribution in [2.24, 2.45) is 11.1 Å². The molecule has 0 aliphatic heterocycles. The quantitative estimate of drug-likeness (QED) is 0.743. The van der Waals surface area contributed by atoms with E-state index < -0.39 is 5.41 Å². The highest BCUT2D eigenvalue weighted by molar-refractivity contribution is 5.15. The van der Waals surface area contributed by atoms with Gasteiger partial charge in [0.05, 0.1) is 23.2 Å². The van der Waals surface area contributed by atoms with Crippen LogP contribution >= 0.6 is 0 Å². The highest BCUT2D eigenvalue weighted by atomic mass is 14.8. The summed E-state index contributed by atoms with van der Waals surface area (Å²) < 4.78 is 0. The van der Waals surface area contributed by atoms with Crippen molar-refractivity contribution >= 4 is 0 Å². The topological polar surface area (TPSA) is 62.7 Å². The fourth-order valence-electron chi connectivity index (χ4n) is 0.999. The molecule has 0 radical (unpaired) electrons. The lowest BCUT2D eigenvalue weighted by Gasteiger charge is -2.23. The van der Waals surface area contributed by atoms with Crippen LogP contribution in [0.2, 0.25) is 0 Å². The monoisotopic (exact) mass is 175 g/mol. The Morgan fingerprint density at radius 3 is 2.69 bits per heavy atom. The fourth-order valence-corrected chi connectivity index (χ4v) is 0.999. The minimum atomic E-state index is -0.575. The molecule has 13 heavy (non-hydrogen) atoms. The van der Waals surface area contributed by atoms with Gasteiger partial charge in [-0.05, 0) is 26.0 Å². The second-order valence-electron chi connectivity index (χ2n) is 3.57. The Bertz CT molecular complexity index is 311. The van der Waals surface area contributed by atoms with E-state index in [1.54, 1.807) is 6.20 Å². The molecule has 0 spiro atoms. The molecule has 0 aromatic carbocycles. The molecule has 1 aromatic rings. The van der Waals surface area contributed by atoms with Crippen molar-refractivity contribution in [3.05, 3.63) is 30.1 Å². The molecule has 1 rings (SSSR count). The molecule has 0 bridgehead atoms. The van der Waals surface area contributed by atoms with Gasteiger partial charge in [0.2, 0.25) is 0 Å². The molecule has 1 aromatic heterocycles. The first kappa shape index (κ1) is 9.69. The zero-order chi connectivity index (χ0) is 9.90. The van der Waals surface area contributed by atoms with E-state index in [0.717, 1.165) is 5.69 Å². The second kappa shape index (κ2) is 3.55. The summed E-state index contributed by atoms with van der Waals surface area (Å²) in [6, 6.07) is 7.38. The Balaban J connectivity index is 2.94. The van der Waals surface area contributed by atoms with E-state index in [1.807, 2.05) is 32.0 Å². The van der Waals surface area contributed by atoms with Gasteiger partial charge in [-0.2, -0.15) is 5.26 Å². The summed E-state index contributed by atoms with van der Waals surface area (Å²) in [7, 11) is 0. The zero-order valence-corrected chi connectivity index (χ0v) is 7.86. The molecule has 1 heterocycles. The van der Waals surface area contributed by atoms with Crippen LogP contribution in [-0.4, -0.2) is 4.98 Å². The number of nitrogens with zero attached hydrogens (tertiary/aromatic N) is 2. The minimum absolute atomic E-state index is 0.335. The van der Waals surface area contributed by atoms with Gasteiger partial charge in [-0.1, -0.05) is 6.07 Å². The maximum absolute atomic E-state index is 8.87. The van der Waals surface area contributed by atoms with Gasteiger partial charge in [-0.3, -0.25) is 4.98 Å². The largest absolute Gasteiger partial charge is 0.321 e. The SMILES string of the molecule is CC(C)(C#N)C(N)c1ccccn1. The Labute approximate surface area is 78.2 Å². The van der Waals surface area contributed by atoms with E-state index >= 15 is 0 Å². The first-order valence-electron chi connectivity index (χ1n) is 4.15. The molecule has 1 unspecified atom stereocenters. The summed E-state index contributed by atoms with van der Waals surface area (Å²) in [4.78, 5) is 4.12. The number of nitriles is 1. The molecule has 68 valence electrons. The average Bonchev–Trinajstić information content (AvgIpc) is 2.18. The summed E-state index contributed by atoms with van der Waals surface area (Å²) in [5.41, 5.74) is 6.08. The number of rotatable bonds is 2. The Morgan fingerprint density at radius 2 is 2.23 bits per heavy atom. The highest BCUT2D eigenvalue weighted by Crippen LogP contribution is 2.28. The van der Waals surface area contributed by atoms with Crippen LogP contribution in [-0.2, 0) is 0 Å². The molecule has 0 fully saturated rings. The number of hydrogen-bond donors (Lipinski definition) is 1.